The monoisotopic (exact) mass is 1720 g/mol. The zero-order valence-electron chi connectivity index (χ0n) is 63.6. The average Bonchev–Trinajstić information content (AvgIpc) is 1.15. The van der Waals surface area contributed by atoms with Crippen molar-refractivity contribution in [2.75, 3.05) is 26.6 Å². The Morgan fingerprint density at radius 3 is 1.26 bits per heavy atom. The first-order valence-electron chi connectivity index (χ1n) is 36.6. The molecule has 0 aliphatic carbocycles. The molecule has 8 aromatic carbocycles. The van der Waals surface area contributed by atoms with Gasteiger partial charge in [0.05, 0.1) is 17.1 Å². The zero-order valence-corrected chi connectivity index (χ0v) is 67.7. The van der Waals surface area contributed by atoms with Crippen LogP contribution >= 0.6 is 56.7 Å². The predicted octanol–water partition coefficient (Wildman–Crippen LogP) is 22.6. The van der Waals surface area contributed by atoms with Gasteiger partial charge in [0, 0.05) is 141 Å². The second-order valence-electron chi connectivity index (χ2n) is 25.4. The number of alkyl halides is 3. The Bertz CT molecular complexity index is 6430. The number of non-ortho nitro benzene ring substituents is 1. The number of anilines is 10. The summed E-state index contributed by atoms with van der Waals surface area (Å²) in [5, 5.41) is 48.8. The lowest BCUT2D eigenvalue weighted by Crippen LogP contribution is -2.06. The van der Waals surface area contributed by atoms with Gasteiger partial charge < -0.3 is 36.4 Å². The lowest BCUT2D eigenvalue weighted by atomic mass is 10.0. The average molecular weight is 1720 g/mol. The molecule has 18 aromatic rings. The molecule has 25 nitrogen and oxygen atoms in total. The first-order valence-corrected chi connectivity index (χ1v) is 41.0. The summed E-state index contributed by atoms with van der Waals surface area (Å²) in [4.78, 5) is 74.7. The molecule has 35 heteroatoms. The molecule has 0 bridgehead atoms. The number of hydrogen-bond donors (Lipinski definition) is 6. The van der Waals surface area contributed by atoms with Crippen molar-refractivity contribution >= 4 is 121 Å². The highest BCUT2D eigenvalue weighted by Crippen LogP contribution is 2.35. The van der Waals surface area contributed by atoms with E-state index in [1.54, 1.807) is 116 Å². The summed E-state index contributed by atoms with van der Waals surface area (Å²) in [6.07, 6.45) is 12.6. The molecule has 18 rings (SSSR count). The second-order valence-corrected chi connectivity index (χ2v) is 29.9. The highest BCUT2D eigenvalue weighted by atomic mass is 32.1. The van der Waals surface area contributed by atoms with Crippen molar-refractivity contribution in [3.8, 4) is 81.5 Å². The molecule has 0 amide bonds. The number of thiazole rings is 5. The van der Waals surface area contributed by atoms with Gasteiger partial charge in [0.25, 0.3) is 5.69 Å². The molecule has 0 aliphatic heterocycles. The Morgan fingerprint density at radius 2 is 0.811 bits per heavy atom. The van der Waals surface area contributed by atoms with E-state index in [4.69, 9.17) is 4.74 Å². The fourth-order valence-electron chi connectivity index (χ4n) is 11.2. The van der Waals surface area contributed by atoms with Gasteiger partial charge >= 0.3 is 6.18 Å². The number of hydrogen-bond acceptors (Lipinski definition) is 29. The smallest absolute Gasteiger partial charge is 0.416 e. The molecule has 122 heavy (non-hydrogen) atoms. The van der Waals surface area contributed by atoms with Gasteiger partial charge in [0.15, 0.2) is 0 Å². The number of nitro benzene ring substituents is 1. The molecule has 0 fully saturated rings. The summed E-state index contributed by atoms with van der Waals surface area (Å²) in [7, 11) is 0. The Hall–Kier alpha value is -14.9. The number of aryl methyl sites for hydroxylation is 1. The number of aliphatic hydroxyl groups is 1. The lowest BCUT2D eigenvalue weighted by molar-refractivity contribution is -0.384. The normalized spacial score (nSPS) is 10.7. The highest BCUT2D eigenvalue weighted by molar-refractivity contribution is 7.14. The molecule has 10 heterocycles. The van der Waals surface area contributed by atoms with Crippen LogP contribution in [-0.4, -0.2) is 84.8 Å². The van der Waals surface area contributed by atoms with Crippen molar-refractivity contribution in [2.24, 2.45) is 0 Å². The number of aromatic nitrogens is 15. The Kier molecular flexibility index (Phi) is 28.1. The van der Waals surface area contributed by atoms with Gasteiger partial charge in [-0.1, -0.05) is 97.1 Å². The zero-order chi connectivity index (χ0) is 84.4. The summed E-state index contributed by atoms with van der Waals surface area (Å²) in [5.41, 5.74) is 12.5. The quantitative estimate of drug-likeness (QED) is 0.0209. The molecule has 0 saturated heterocycles. The SMILES string of the molecule is Cc1cnc(Nc2cccc(C(F)(F)F)c2)nc1-c1nccs1.Fc1cccc(-c2cccc(Nc3nccc(-c4nccs4)n3)c2)c1.Fc1ccccc1COc1cccc(Nc2nccc(-c3nccs3)n2)c1.O=[N+]([O-])c1cccc(Nc2nccc(-c3nccs3)n2)c1.OCc1ccc(-c2cccc(Nc3nccc(-c4nccs4)n3)c2)cc1. The van der Waals surface area contributed by atoms with Gasteiger partial charge in [-0.05, 0) is 143 Å². The van der Waals surface area contributed by atoms with Gasteiger partial charge in [-0.15, -0.1) is 56.7 Å². The molecule has 606 valence electrons. The van der Waals surface area contributed by atoms with Crippen LogP contribution < -0.4 is 31.3 Å². The third kappa shape index (κ3) is 23.7. The number of aliphatic hydroxyl groups excluding tert-OH is 1. The lowest BCUT2D eigenvalue weighted by Gasteiger charge is -2.10. The third-order valence-corrected chi connectivity index (χ3v) is 20.9. The number of benzene rings is 8. The summed E-state index contributed by atoms with van der Waals surface area (Å²) < 4.78 is 71.1. The molecule has 0 atom stereocenters. The third-order valence-electron chi connectivity index (χ3n) is 16.9. The largest absolute Gasteiger partial charge is 0.489 e. The van der Waals surface area contributed by atoms with Crippen molar-refractivity contribution in [3.63, 3.8) is 0 Å². The molecular weight excluding hydrogens is 1660 g/mol. The van der Waals surface area contributed by atoms with Gasteiger partial charge in [0.2, 0.25) is 29.7 Å². The van der Waals surface area contributed by atoms with E-state index >= 15 is 0 Å². The molecule has 10 aromatic heterocycles. The summed E-state index contributed by atoms with van der Waals surface area (Å²) in [6.45, 7) is 2.06. The van der Waals surface area contributed by atoms with Gasteiger partial charge in [-0.25, -0.2) is 83.5 Å². The molecule has 6 N–H and O–H groups in total. The van der Waals surface area contributed by atoms with E-state index < -0.39 is 16.7 Å². The van der Waals surface area contributed by atoms with E-state index in [2.05, 4.69) is 101 Å². The molecule has 0 aliphatic rings. The van der Waals surface area contributed by atoms with Crippen LogP contribution in [0.15, 0.2) is 307 Å². The van der Waals surface area contributed by atoms with Crippen LogP contribution in [0.4, 0.5) is 85.8 Å². The number of nitrogens with one attached hydrogen (secondary N) is 5. The van der Waals surface area contributed by atoms with Crippen LogP contribution in [0.3, 0.4) is 0 Å². The van der Waals surface area contributed by atoms with Gasteiger partial charge in [-0.3, -0.25) is 10.1 Å². The van der Waals surface area contributed by atoms with E-state index in [9.17, 15) is 37.2 Å². The first kappa shape index (κ1) is 83.6. The number of ether oxygens (including phenoxy) is 1. The van der Waals surface area contributed by atoms with Crippen molar-refractivity contribution in [2.45, 2.75) is 26.3 Å². The van der Waals surface area contributed by atoms with Crippen LogP contribution in [0.2, 0.25) is 0 Å². The molecule has 0 radical (unpaired) electrons. The molecule has 0 unspecified atom stereocenters. The van der Waals surface area contributed by atoms with Crippen molar-refractivity contribution in [3.05, 3.63) is 351 Å². The Labute approximate surface area is 713 Å². The van der Waals surface area contributed by atoms with E-state index in [-0.39, 0.29) is 42.2 Å². The van der Waals surface area contributed by atoms with E-state index in [0.717, 1.165) is 105 Å². The Balaban J connectivity index is 0.000000125. The van der Waals surface area contributed by atoms with E-state index in [1.807, 2.05) is 155 Å². The number of halogens is 5. The van der Waals surface area contributed by atoms with Crippen molar-refractivity contribution in [1.82, 2.24) is 74.8 Å². The van der Waals surface area contributed by atoms with E-state index in [0.29, 0.717) is 52.2 Å². The van der Waals surface area contributed by atoms with Crippen molar-refractivity contribution < 1.29 is 36.7 Å². The van der Waals surface area contributed by atoms with E-state index in [1.165, 1.54) is 87.8 Å². The van der Waals surface area contributed by atoms with Crippen LogP contribution in [0.1, 0.15) is 22.3 Å². The number of nitrogens with zero attached hydrogens (tertiary/aromatic N) is 16. The standard InChI is InChI=1S/C20H15FN4OS.C20H16N4OS.C19H13FN4S.C15H11F3N4S.C13H9N5O2S/c21-17-7-2-1-4-14(17)13-26-16-6-3-5-15(12-16)24-20-23-9-8-18(25-20)19-22-10-11-27-19;25-13-14-4-6-15(7-5-14)16-2-1-3-17(12-16)23-20-22-9-8-18(24-20)19-21-10-11-26-19;20-15-5-1-3-13(11-15)14-4-2-6-16(12-14)23-19-22-8-7-17(24-19)18-21-9-10-25-18;1-9-8-20-14(22-12(9)13-19-5-6-23-13)21-11-4-2-3-10(7-11)15(16,17)18;19-18(20)10-3-1-2-9(8-10)16-13-15-5-4-11(17-13)12-14-6-7-21-12/h1-12H,13H2,(H,23,24,25);1-12,25H,13H2,(H,22,23,24);1-12H,(H,22,23,24);2-8H,1H3,(H,20,21,22);1-8H,(H,15,16,17). The minimum absolute atomic E-state index is 0.0103. The van der Waals surface area contributed by atoms with Gasteiger partial charge in [0.1, 0.15) is 77.5 Å². The summed E-state index contributed by atoms with van der Waals surface area (Å²) >= 11 is 7.51. The molecule has 0 spiro atoms. The summed E-state index contributed by atoms with van der Waals surface area (Å²) in [6, 6.07) is 62.4. The maximum Gasteiger partial charge on any atom is 0.416 e. The maximum absolute atomic E-state index is 13.7. The second kappa shape index (κ2) is 41.0. The summed E-state index contributed by atoms with van der Waals surface area (Å²) in [5.74, 6) is 2.17. The van der Waals surface area contributed by atoms with Crippen LogP contribution in [0.5, 0.6) is 5.75 Å². The maximum atomic E-state index is 13.7. The minimum Gasteiger partial charge on any atom is -0.489 e. The van der Waals surface area contributed by atoms with Crippen LogP contribution in [0, 0.1) is 28.7 Å². The topological polar surface area (TPSA) is 326 Å². The number of nitro groups is 1. The first-order chi connectivity index (χ1) is 59.5. The molecule has 0 saturated carbocycles. The minimum atomic E-state index is -4.39. The van der Waals surface area contributed by atoms with Crippen molar-refractivity contribution in [1.29, 1.82) is 0 Å². The fourth-order valence-corrected chi connectivity index (χ4v) is 14.3. The Morgan fingerprint density at radius 1 is 0.402 bits per heavy atom. The predicted molar refractivity (Wildman–Crippen MR) is 468 cm³/mol. The molecular formula is C87H64F5N21O4S5. The van der Waals surface area contributed by atoms with Crippen LogP contribution in [-0.2, 0) is 19.4 Å². The fraction of sp³-hybridized carbons (Fsp3) is 0.0460. The highest BCUT2D eigenvalue weighted by Gasteiger charge is 2.30. The number of rotatable bonds is 22. The van der Waals surface area contributed by atoms with Gasteiger partial charge in [-0.2, -0.15) is 13.2 Å². The van der Waals surface area contributed by atoms with Crippen LogP contribution in [0.25, 0.3) is 75.8 Å².